The van der Waals surface area contributed by atoms with E-state index in [1.54, 1.807) is 11.9 Å². The van der Waals surface area contributed by atoms with Gasteiger partial charge in [-0.05, 0) is 37.6 Å². The zero-order valence-corrected chi connectivity index (χ0v) is 10.2. The van der Waals surface area contributed by atoms with Gasteiger partial charge >= 0.3 is 0 Å². The van der Waals surface area contributed by atoms with Crippen molar-refractivity contribution >= 4 is 5.91 Å². The summed E-state index contributed by atoms with van der Waals surface area (Å²) in [7, 11) is 1.76. The standard InChI is InChI=1S/C13H16F2N2O/c1-16-12-3-5-17(13(12)18)4-2-9-6-10(14)8-11(15)7-9/h6-8,12,16H,2-5H2,1H3. The number of likely N-dealkylation sites (N-methyl/N-ethyl adjacent to an activating group) is 1. The highest BCUT2D eigenvalue weighted by Gasteiger charge is 2.29. The Morgan fingerprint density at radius 3 is 2.56 bits per heavy atom. The van der Waals surface area contributed by atoms with Crippen LogP contribution in [0.5, 0.6) is 0 Å². The molecule has 1 aliphatic rings. The van der Waals surface area contributed by atoms with Crippen LogP contribution in [0.2, 0.25) is 0 Å². The van der Waals surface area contributed by atoms with Gasteiger partial charge < -0.3 is 10.2 Å². The van der Waals surface area contributed by atoms with Gasteiger partial charge in [-0.1, -0.05) is 0 Å². The normalized spacial score (nSPS) is 19.6. The van der Waals surface area contributed by atoms with Crippen molar-refractivity contribution in [2.45, 2.75) is 18.9 Å². The zero-order chi connectivity index (χ0) is 13.1. The van der Waals surface area contributed by atoms with Gasteiger partial charge in [-0.25, -0.2) is 8.78 Å². The first-order chi connectivity index (χ1) is 8.60. The minimum absolute atomic E-state index is 0.0642. The van der Waals surface area contributed by atoms with E-state index in [9.17, 15) is 13.6 Å². The molecule has 18 heavy (non-hydrogen) atoms. The predicted octanol–water partition coefficient (Wildman–Crippen LogP) is 1.33. The molecule has 0 aliphatic carbocycles. The van der Waals surface area contributed by atoms with Crippen molar-refractivity contribution in [2.75, 3.05) is 20.1 Å². The highest BCUT2D eigenvalue weighted by molar-refractivity contribution is 5.83. The molecule has 1 unspecified atom stereocenters. The topological polar surface area (TPSA) is 32.3 Å². The fourth-order valence-corrected chi connectivity index (χ4v) is 2.25. The number of hydrogen-bond donors (Lipinski definition) is 1. The third-order valence-corrected chi connectivity index (χ3v) is 3.24. The van der Waals surface area contributed by atoms with E-state index in [1.165, 1.54) is 12.1 Å². The van der Waals surface area contributed by atoms with Crippen molar-refractivity contribution in [3.05, 3.63) is 35.4 Å². The van der Waals surface area contributed by atoms with Gasteiger partial charge in [-0.15, -0.1) is 0 Å². The molecule has 0 radical (unpaired) electrons. The Morgan fingerprint density at radius 1 is 1.33 bits per heavy atom. The summed E-state index contributed by atoms with van der Waals surface area (Å²) >= 11 is 0. The highest BCUT2D eigenvalue weighted by Crippen LogP contribution is 2.13. The Labute approximate surface area is 105 Å². The number of carbonyl (C=O) groups excluding carboxylic acids is 1. The van der Waals surface area contributed by atoms with Gasteiger partial charge in [0, 0.05) is 19.2 Å². The summed E-state index contributed by atoms with van der Waals surface area (Å²) < 4.78 is 26.0. The van der Waals surface area contributed by atoms with E-state index in [1.807, 2.05) is 0 Å². The van der Waals surface area contributed by atoms with Crippen LogP contribution < -0.4 is 5.32 Å². The van der Waals surface area contributed by atoms with E-state index in [-0.39, 0.29) is 11.9 Å². The smallest absolute Gasteiger partial charge is 0.239 e. The van der Waals surface area contributed by atoms with Gasteiger partial charge in [0.2, 0.25) is 5.91 Å². The lowest BCUT2D eigenvalue weighted by molar-refractivity contribution is -0.129. The molecule has 2 rings (SSSR count). The van der Waals surface area contributed by atoms with E-state index >= 15 is 0 Å². The first kappa shape index (κ1) is 13.0. The molecule has 0 bridgehead atoms. The second-order valence-corrected chi connectivity index (χ2v) is 4.48. The van der Waals surface area contributed by atoms with Crippen LogP contribution in [0.4, 0.5) is 8.78 Å². The highest BCUT2D eigenvalue weighted by atomic mass is 19.1. The van der Waals surface area contributed by atoms with Crippen molar-refractivity contribution in [3.63, 3.8) is 0 Å². The Kier molecular flexibility index (Phi) is 3.91. The first-order valence-corrected chi connectivity index (χ1v) is 6.01. The summed E-state index contributed by atoms with van der Waals surface area (Å²) in [5.74, 6) is -1.09. The quantitative estimate of drug-likeness (QED) is 0.879. The van der Waals surface area contributed by atoms with Crippen LogP contribution in [0.3, 0.4) is 0 Å². The lowest BCUT2D eigenvalue weighted by Crippen LogP contribution is -2.37. The van der Waals surface area contributed by atoms with Gasteiger partial charge in [0.05, 0.1) is 6.04 Å². The molecule has 1 fully saturated rings. The fourth-order valence-electron chi connectivity index (χ4n) is 2.25. The number of amides is 1. The molecule has 1 aromatic carbocycles. The van der Waals surface area contributed by atoms with Crippen molar-refractivity contribution < 1.29 is 13.6 Å². The second kappa shape index (κ2) is 5.44. The van der Waals surface area contributed by atoms with Crippen molar-refractivity contribution in [3.8, 4) is 0 Å². The van der Waals surface area contributed by atoms with Gasteiger partial charge in [-0.3, -0.25) is 4.79 Å². The van der Waals surface area contributed by atoms with Crippen LogP contribution in [-0.2, 0) is 11.2 Å². The Morgan fingerprint density at radius 2 is 2.00 bits per heavy atom. The van der Waals surface area contributed by atoms with E-state index in [2.05, 4.69) is 5.32 Å². The third kappa shape index (κ3) is 2.85. The number of likely N-dealkylation sites (tertiary alicyclic amines) is 1. The SMILES string of the molecule is CNC1CCN(CCc2cc(F)cc(F)c2)C1=O. The van der Waals surface area contributed by atoms with Crippen LogP contribution in [0.15, 0.2) is 18.2 Å². The van der Waals surface area contributed by atoms with Crippen LogP contribution in [0, 0.1) is 11.6 Å². The number of nitrogens with one attached hydrogen (secondary N) is 1. The number of benzene rings is 1. The van der Waals surface area contributed by atoms with E-state index < -0.39 is 11.6 Å². The summed E-state index contributed by atoms with van der Waals surface area (Å²) in [6.45, 7) is 1.20. The molecule has 1 saturated heterocycles. The molecule has 98 valence electrons. The number of hydrogen-bond acceptors (Lipinski definition) is 2. The average Bonchev–Trinajstić information content (AvgIpc) is 2.66. The van der Waals surface area contributed by atoms with E-state index in [4.69, 9.17) is 0 Å². The first-order valence-electron chi connectivity index (χ1n) is 6.01. The molecule has 1 heterocycles. The van der Waals surface area contributed by atoms with Gasteiger partial charge in [0.1, 0.15) is 11.6 Å². The third-order valence-electron chi connectivity index (χ3n) is 3.24. The number of nitrogens with zero attached hydrogens (tertiary/aromatic N) is 1. The molecule has 0 saturated carbocycles. The number of carbonyl (C=O) groups is 1. The minimum atomic E-state index is -0.578. The molecule has 1 atom stereocenters. The average molecular weight is 254 g/mol. The van der Waals surface area contributed by atoms with Crippen LogP contribution in [0.25, 0.3) is 0 Å². The maximum Gasteiger partial charge on any atom is 0.239 e. The maximum absolute atomic E-state index is 13.0. The molecular formula is C13H16F2N2O. The predicted molar refractivity (Wildman–Crippen MR) is 64.1 cm³/mol. The largest absolute Gasteiger partial charge is 0.341 e. The second-order valence-electron chi connectivity index (χ2n) is 4.48. The summed E-state index contributed by atoms with van der Waals surface area (Å²) in [4.78, 5) is 13.5. The molecule has 0 spiro atoms. The number of halogens is 2. The summed E-state index contributed by atoms with van der Waals surface area (Å²) in [5.41, 5.74) is 0.577. The van der Waals surface area contributed by atoms with E-state index in [0.717, 1.165) is 12.5 Å². The zero-order valence-electron chi connectivity index (χ0n) is 10.2. The fraction of sp³-hybridized carbons (Fsp3) is 0.462. The van der Waals surface area contributed by atoms with Crippen molar-refractivity contribution in [1.82, 2.24) is 10.2 Å². The molecule has 0 aromatic heterocycles. The Balaban J connectivity index is 1.94. The van der Waals surface area contributed by atoms with Crippen molar-refractivity contribution in [2.24, 2.45) is 0 Å². The van der Waals surface area contributed by atoms with Crippen LogP contribution >= 0.6 is 0 Å². The van der Waals surface area contributed by atoms with Gasteiger partial charge in [-0.2, -0.15) is 0 Å². The van der Waals surface area contributed by atoms with Gasteiger partial charge in [0.15, 0.2) is 0 Å². The summed E-state index contributed by atoms with van der Waals surface area (Å²) in [6.07, 6.45) is 1.25. The summed E-state index contributed by atoms with van der Waals surface area (Å²) in [5, 5.41) is 2.95. The van der Waals surface area contributed by atoms with E-state index in [0.29, 0.717) is 25.1 Å². The lowest BCUT2D eigenvalue weighted by atomic mass is 10.1. The summed E-state index contributed by atoms with van der Waals surface area (Å²) in [6, 6.07) is 3.34. The molecular weight excluding hydrogens is 238 g/mol. The molecule has 1 N–H and O–H groups in total. The minimum Gasteiger partial charge on any atom is -0.341 e. The maximum atomic E-state index is 13.0. The molecule has 1 amide bonds. The lowest BCUT2D eigenvalue weighted by Gasteiger charge is -2.16. The molecule has 1 aromatic rings. The Bertz CT molecular complexity index is 430. The molecule has 5 heteroatoms. The molecule has 1 aliphatic heterocycles. The number of rotatable bonds is 4. The van der Waals surface area contributed by atoms with Crippen LogP contribution in [-0.4, -0.2) is 37.0 Å². The monoisotopic (exact) mass is 254 g/mol. The Hall–Kier alpha value is -1.49. The van der Waals surface area contributed by atoms with Crippen LogP contribution in [0.1, 0.15) is 12.0 Å². The van der Waals surface area contributed by atoms with Crippen molar-refractivity contribution in [1.29, 1.82) is 0 Å². The molecule has 3 nitrogen and oxygen atoms in total. The van der Waals surface area contributed by atoms with Gasteiger partial charge in [0.25, 0.3) is 0 Å².